The van der Waals surface area contributed by atoms with E-state index in [1.807, 2.05) is 43.7 Å². The van der Waals surface area contributed by atoms with Crippen LogP contribution in [0.1, 0.15) is 36.8 Å². The van der Waals surface area contributed by atoms with Gasteiger partial charge in [-0.25, -0.2) is 9.37 Å². The fraction of sp³-hybridized carbons (Fsp3) is 0.250. The van der Waals surface area contributed by atoms with Crippen molar-refractivity contribution in [1.82, 2.24) is 35.5 Å². The van der Waals surface area contributed by atoms with Gasteiger partial charge in [0.2, 0.25) is 0 Å². The molecule has 0 radical (unpaired) electrons. The van der Waals surface area contributed by atoms with Crippen molar-refractivity contribution in [3.63, 3.8) is 0 Å². The Morgan fingerprint density at radius 1 is 0.900 bits per heavy atom. The van der Waals surface area contributed by atoms with Crippen molar-refractivity contribution in [2.75, 3.05) is 6.54 Å². The fourth-order valence-electron chi connectivity index (χ4n) is 5.93. The third-order valence-corrected chi connectivity index (χ3v) is 7.90. The monoisotopic (exact) mass is 531 g/mol. The molecule has 5 heterocycles. The summed E-state index contributed by atoms with van der Waals surface area (Å²) in [5.41, 5.74) is 8.70. The molecule has 0 aliphatic heterocycles. The first-order valence-electron chi connectivity index (χ1n) is 13.9. The average Bonchev–Trinajstić information content (AvgIpc) is 3.71. The number of hydrogen-bond acceptors (Lipinski definition) is 5. The van der Waals surface area contributed by atoms with Crippen LogP contribution >= 0.6 is 0 Å². The Labute approximate surface area is 231 Å². The van der Waals surface area contributed by atoms with Crippen molar-refractivity contribution in [1.29, 1.82) is 0 Å². The number of aromatic nitrogens is 6. The number of rotatable bonds is 7. The third-order valence-electron chi connectivity index (χ3n) is 7.90. The average molecular weight is 532 g/mol. The van der Waals surface area contributed by atoms with E-state index in [2.05, 4.69) is 47.6 Å². The zero-order valence-electron chi connectivity index (χ0n) is 22.3. The highest BCUT2D eigenvalue weighted by atomic mass is 19.1. The highest BCUT2D eigenvalue weighted by Gasteiger charge is 2.17. The fourth-order valence-corrected chi connectivity index (χ4v) is 5.93. The predicted molar refractivity (Wildman–Crippen MR) is 156 cm³/mol. The van der Waals surface area contributed by atoms with Gasteiger partial charge in [0.15, 0.2) is 5.65 Å². The van der Waals surface area contributed by atoms with E-state index in [9.17, 15) is 4.39 Å². The van der Waals surface area contributed by atoms with E-state index in [-0.39, 0.29) is 5.82 Å². The molecule has 1 fully saturated rings. The number of nitrogens with zero attached hydrogens (tertiary/aromatic N) is 4. The topological polar surface area (TPSA) is 95.2 Å². The van der Waals surface area contributed by atoms with E-state index in [4.69, 9.17) is 0 Å². The summed E-state index contributed by atoms with van der Waals surface area (Å²) in [6.07, 6.45) is 12.8. The normalized spacial score (nSPS) is 14.1. The van der Waals surface area contributed by atoms with Gasteiger partial charge in [-0.15, -0.1) is 0 Å². The Bertz CT molecular complexity index is 1810. The van der Waals surface area contributed by atoms with Crippen LogP contribution in [0.15, 0.2) is 67.3 Å². The van der Waals surface area contributed by atoms with Crippen molar-refractivity contribution in [3.8, 4) is 33.8 Å². The second-order valence-electron chi connectivity index (χ2n) is 10.9. The molecule has 1 aliphatic carbocycles. The quantitative estimate of drug-likeness (QED) is 0.207. The maximum Gasteiger partial charge on any atom is 0.155 e. The van der Waals surface area contributed by atoms with E-state index in [1.54, 1.807) is 6.20 Å². The summed E-state index contributed by atoms with van der Waals surface area (Å²) >= 11 is 0. The molecule has 8 heteroatoms. The van der Waals surface area contributed by atoms with Gasteiger partial charge in [0.1, 0.15) is 11.5 Å². The van der Waals surface area contributed by atoms with Crippen LogP contribution in [0.5, 0.6) is 0 Å². The van der Waals surface area contributed by atoms with E-state index in [0.29, 0.717) is 5.65 Å². The number of halogens is 1. The Morgan fingerprint density at radius 3 is 2.65 bits per heavy atom. The second-order valence-corrected chi connectivity index (χ2v) is 10.9. The Kier molecular flexibility index (Phi) is 6.32. The Hall–Kier alpha value is -4.43. The van der Waals surface area contributed by atoms with Crippen molar-refractivity contribution < 1.29 is 4.39 Å². The molecule has 1 saturated carbocycles. The summed E-state index contributed by atoms with van der Waals surface area (Å²) in [5.74, 6) is 0.529. The van der Waals surface area contributed by atoms with E-state index in [0.717, 1.165) is 80.2 Å². The van der Waals surface area contributed by atoms with Crippen molar-refractivity contribution >= 4 is 21.9 Å². The first-order valence-corrected chi connectivity index (χ1v) is 13.9. The lowest BCUT2D eigenvalue weighted by Crippen LogP contribution is -2.20. The number of aryl methyl sites for hydroxylation is 1. The molecule has 3 N–H and O–H groups in total. The molecule has 0 bridgehead atoms. The first kappa shape index (κ1) is 24.6. The molecule has 1 aromatic carbocycles. The molecule has 7 nitrogen and oxygen atoms in total. The molecule has 200 valence electrons. The molecule has 6 aromatic rings. The van der Waals surface area contributed by atoms with Crippen LogP contribution in [-0.4, -0.2) is 36.7 Å². The minimum Gasteiger partial charge on any atom is -0.353 e. The maximum atomic E-state index is 14.2. The lowest BCUT2D eigenvalue weighted by Gasteiger charge is -2.11. The van der Waals surface area contributed by atoms with Crippen molar-refractivity contribution in [2.45, 2.75) is 39.2 Å². The number of fused-ring (bicyclic) bond motifs is 2. The number of nitrogens with one attached hydrogen (secondary N) is 3. The number of benzene rings is 1. The van der Waals surface area contributed by atoms with Crippen LogP contribution in [0.2, 0.25) is 0 Å². The Balaban J connectivity index is 1.21. The number of H-pyrrole nitrogens is 2. The third kappa shape index (κ3) is 4.75. The van der Waals surface area contributed by atoms with Gasteiger partial charge in [-0.2, -0.15) is 5.10 Å². The predicted octanol–water partition coefficient (Wildman–Crippen LogP) is 6.96. The van der Waals surface area contributed by atoms with E-state index in [1.165, 1.54) is 37.8 Å². The highest BCUT2D eigenvalue weighted by molar-refractivity contribution is 6.00. The summed E-state index contributed by atoms with van der Waals surface area (Å²) in [5, 5.41) is 13.1. The SMILES string of the molecule is Cc1cc(F)cc(-c2nccc3[nH]c(-c4n[nH]c5ncc(-c6cncc(CNCC7CCCC7)c6)cc45)cc23)c1. The van der Waals surface area contributed by atoms with Crippen LogP contribution < -0.4 is 5.32 Å². The van der Waals surface area contributed by atoms with Crippen molar-refractivity contribution in [2.24, 2.45) is 5.92 Å². The molecule has 0 unspecified atom stereocenters. The van der Waals surface area contributed by atoms with Gasteiger partial charge in [-0.1, -0.05) is 12.8 Å². The van der Waals surface area contributed by atoms with Gasteiger partial charge in [0, 0.05) is 64.3 Å². The number of hydrogen-bond donors (Lipinski definition) is 3. The highest BCUT2D eigenvalue weighted by Crippen LogP contribution is 2.34. The first-order chi connectivity index (χ1) is 19.6. The van der Waals surface area contributed by atoms with Gasteiger partial charge < -0.3 is 10.3 Å². The summed E-state index contributed by atoms with van der Waals surface area (Å²) in [6, 6.07) is 13.2. The zero-order valence-corrected chi connectivity index (χ0v) is 22.3. The molecule has 0 atom stereocenters. The molecule has 40 heavy (non-hydrogen) atoms. The summed E-state index contributed by atoms with van der Waals surface area (Å²) in [7, 11) is 0. The lowest BCUT2D eigenvalue weighted by atomic mass is 10.0. The van der Waals surface area contributed by atoms with Gasteiger partial charge in [-0.3, -0.25) is 15.1 Å². The van der Waals surface area contributed by atoms with Gasteiger partial charge in [-0.05, 0) is 85.8 Å². The minimum atomic E-state index is -0.274. The lowest BCUT2D eigenvalue weighted by molar-refractivity contribution is 0.489. The molecule has 0 amide bonds. The largest absolute Gasteiger partial charge is 0.353 e. The molecule has 7 rings (SSSR count). The number of aromatic amines is 2. The van der Waals surface area contributed by atoms with Crippen LogP contribution in [0.25, 0.3) is 55.7 Å². The van der Waals surface area contributed by atoms with E-state index >= 15 is 0 Å². The summed E-state index contributed by atoms with van der Waals surface area (Å²) in [4.78, 5) is 17.2. The van der Waals surface area contributed by atoms with E-state index < -0.39 is 0 Å². The van der Waals surface area contributed by atoms with Crippen LogP contribution in [0.4, 0.5) is 4.39 Å². The smallest absolute Gasteiger partial charge is 0.155 e. The molecular formula is C32H30FN7. The van der Waals surface area contributed by atoms with Crippen LogP contribution in [-0.2, 0) is 6.54 Å². The molecule has 5 aromatic heterocycles. The minimum absolute atomic E-state index is 0.274. The maximum absolute atomic E-state index is 14.2. The number of pyridine rings is 3. The molecular weight excluding hydrogens is 501 g/mol. The zero-order chi connectivity index (χ0) is 27.1. The summed E-state index contributed by atoms with van der Waals surface area (Å²) in [6.45, 7) is 3.75. The summed E-state index contributed by atoms with van der Waals surface area (Å²) < 4.78 is 14.2. The molecule has 0 spiro atoms. The van der Waals surface area contributed by atoms with Crippen LogP contribution in [0.3, 0.4) is 0 Å². The van der Waals surface area contributed by atoms with Crippen molar-refractivity contribution in [3.05, 3.63) is 84.2 Å². The second kappa shape index (κ2) is 10.3. The molecule has 1 aliphatic rings. The van der Waals surface area contributed by atoms with Gasteiger partial charge in [0.25, 0.3) is 0 Å². The van der Waals surface area contributed by atoms with Crippen LogP contribution in [0, 0.1) is 18.7 Å². The van der Waals surface area contributed by atoms with Gasteiger partial charge >= 0.3 is 0 Å². The van der Waals surface area contributed by atoms with Gasteiger partial charge in [0.05, 0.1) is 11.4 Å². The molecule has 0 saturated heterocycles. The standard InChI is InChI=1S/C32H30FN7/c1-19-8-22(11-25(33)9-19)30-26-13-29(38-28(26)6-7-36-30)31-27-12-24(18-37-32(27)40-39-31)23-10-21(16-35-17-23)15-34-14-20-4-2-3-5-20/h6-13,16-18,20,34,38H,2-5,14-15H2,1H3,(H,37,39,40). The Morgan fingerprint density at radius 2 is 1.77 bits per heavy atom.